The highest BCUT2D eigenvalue weighted by molar-refractivity contribution is 5.75. The molecule has 0 radical (unpaired) electrons. The van der Waals surface area contributed by atoms with Crippen LogP contribution in [0, 0.1) is 0 Å². The first-order valence-corrected chi connectivity index (χ1v) is 6.66. The molecule has 1 N–H and O–H groups in total. The van der Waals surface area contributed by atoms with Gasteiger partial charge in [-0.25, -0.2) is 4.98 Å². The van der Waals surface area contributed by atoms with Crippen molar-refractivity contribution in [3.63, 3.8) is 0 Å². The second-order valence-corrected chi connectivity index (χ2v) is 4.62. The van der Waals surface area contributed by atoms with Crippen LogP contribution in [-0.2, 0) is 16.1 Å². The van der Waals surface area contributed by atoms with E-state index in [-0.39, 0.29) is 12.0 Å². The fourth-order valence-electron chi connectivity index (χ4n) is 2.19. The maximum atomic E-state index is 11.7. The number of carbonyl (C=O) groups excluding carboxylic acids is 1. The van der Waals surface area contributed by atoms with Crippen LogP contribution in [0.2, 0.25) is 0 Å². The summed E-state index contributed by atoms with van der Waals surface area (Å²) in [5, 5.41) is 2.88. The van der Waals surface area contributed by atoms with E-state index in [0.29, 0.717) is 18.8 Å². The first-order chi connectivity index (χ1) is 9.29. The zero-order chi connectivity index (χ0) is 13.5. The number of pyridine rings is 1. The number of hydrogen-bond acceptors (Lipinski definition) is 4. The Morgan fingerprint density at radius 1 is 1.63 bits per heavy atom. The number of nitrogens with one attached hydrogen (secondary N) is 1. The van der Waals surface area contributed by atoms with Crippen molar-refractivity contribution in [2.75, 3.05) is 13.7 Å². The van der Waals surface area contributed by atoms with Gasteiger partial charge in [-0.3, -0.25) is 4.79 Å². The molecule has 1 aromatic rings. The predicted octanol–water partition coefficient (Wildman–Crippen LogP) is 1.67. The lowest BCUT2D eigenvalue weighted by molar-refractivity contribution is -0.121. The molecule has 1 aliphatic heterocycles. The van der Waals surface area contributed by atoms with Crippen molar-refractivity contribution < 1.29 is 14.3 Å². The van der Waals surface area contributed by atoms with Crippen LogP contribution in [0.3, 0.4) is 0 Å². The van der Waals surface area contributed by atoms with E-state index in [2.05, 4.69) is 10.3 Å². The monoisotopic (exact) mass is 264 g/mol. The number of amides is 1. The summed E-state index contributed by atoms with van der Waals surface area (Å²) in [6, 6.07) is 3.72. The minimum atomic E-state index is 0.0430. The number of ether oxygens (including phenoxy) is 2. The Bertz CT molecular complexity index is 417. The highest BCUT2D eigenvalue weighted by atomic mass is 16.5. The highest BCUT2D eigenvalue weighted by Crippen LogP contribution is 2.17. The molecule has 0 bridgehead atoms. The van der Waals surface area contributed by atoms with Crippen LogP contribution in [0.15, 0.2) is 18.3 Å². The normalized spacial score (nSPS) is 18.3. The van der Waals surface area contributed by atoms with Gasteiger partial charge in [0.05, 0.1) is 13.2 Å². The lowest BCUT2D eigenvalue weighted by Gasteiger charge is -2.10. The van der Waals surface area contributed by atoms with Crippen LogP contribution in [-0.4, -0.2) is 30.7 Å². The van der Waals surface area contributed by atoms with Crippen molar-refractivity contribution in [1.82, 2.24) is 10.3 Å². The number of aromatic nitrogens is 1. The van der Waals surface area contributed by atoms with Gasteiger partial charge < -0.3 is 14.8 Å². The van der Waals surface area contributed by atoms with Gasteiger partial charge in [-0.05, 0) is 25.3 Å². The molecule has 1 fully saturated rings. The van der Waals surface area contributed by atoms with Crippen molar-refractivity contribution >= 4 is 5.91 Å². The third kappa shape index (κ3) is 4.21. The topological polar surface area (TPSA) is 60.5 Å². The summed E-state index contributed by atoms with van der Waals surface area (Å²) in [5.41, 5.74) is 0.885. The maximum absolute atomic E-state index is 11.7. The van der Waals surface area contributed by atoms with Crippen LogP contribution in [0.5, 0.6) is 5.88 Å². The van der Waals surface area contributed by atoms with E-state index in [1.807, 2.05) is 12.1 Å². The first-order valence-electron chi connectivity index (χ1n) is 6.66. The Labute approximate surface area is 113 Å². The lowest BCUT2D eigenvalue weighted by Crippen LogP contribution is -2.24. The Morgan fingerprint density at radius 3 is 3.26 bits per heavy atom. The summed E-state index contributed by atoms with van der Waals surface area (Å²) in [5.74, 6) is 0.600. The maximum Gasteiger partial charge on any atom is 0.220 e. The van der Waals surface area contributed by atoms with E-state index >= 15 is 0 Å². The summed E-state index contributed by atoms with van der Waals surface area (Å²) in [4.78, 5) is 15.8. The lowest BCUT2D eigenvalue weighted by atomic mass is 10.1. The molecule has 1 atom stereocenters. The van der Waals surface area contributed by atoms with Crippen molar-refractivity contribution in [2.45, 2.75) is 38.3 Å². The molecule has 104 valence electrons. The zero-order valence-electron chi connectivity index (χ0n) is 11.2. The second-order valence-electron chi connectivity index (χ2n) is 4.62. The largest absolute Gasteiger partial charge is 0.481 e. The Balaban J connectivity index is 1.73. The van der Waals surface area contributed by atoms with Gasteiger partial charge in [0, 0.05) is 31.3 Å². The molecule has 2 heterocycles. The molecule has 5 heteroatoms. The highest BCUT2D eigenvalue weighted by Gasteiger charge is 2.16. The van der Waals surface area contributed by atoms with Crippen molar-refractivity contribution in [3.05, 3.63) is 23.9 Å². The van der Waals surface area contributed by atoms with Gasteiger partial charge in [-0.2, -0.15) is 0 Å². The van der Waals surface area contributed by atoms with E-state index in [1.54, 1.807) is 13.3 Å². The van der Waals surface area contributed by atoms with E-state index in [1.165, 1.54) is 0 Å². The van der Waals surface area contributed by atoms with Crippen molar-refractivity contribution in [1.29, 1.82) is 0 Å². The molecule has 0 aromatic carbocycles. The first kappa shape index (κ1) is 13.8. The smallest absolute Gasteiger partial charge is 0.220 e. The molecule has 0 unspecified atom stereocenters. The van der Waals surface area contributed by atoms with E-state index in [9.17, 15) is 4.79 Å². The third-order valence-corrected chi connectivity index (χ3v) is 3.24. The van der Waals surface area contributed by atoms with Crippen LogP contribution >= 0.6 is 0 Å². The molecule has 5 nitrogen and oxygen atoms in total. The summed E-state index contributed by atoms with van der Waals surface area (Å²) >= 11 is 0. The molecule has 1 aliphatic rings. The average Bonchev–Trinajstić information content (AvgIpc) is 2.96. The van der Waals surface area contributed by atoms with Gasteiger partial charge >= 0.3 is 0 Å². The minimum absolute atomic E-state index is 0.0430. The van der Waals surface area contributed by atoms with Gasteiger partial charge in [0.15, 0.2) is 0 Å². The molecule has 0 saturated carbocycles. The van der Waals surface area contributed by atoms with Gasteiger partial charge in [0.1, 0.15) is 0 Å². The Hall–Kier alpha value is -1.62. The van der Waals surface area contributed by atoms with Gasteiger partial charge in [-0.15, -0.1) is 0 Å². The molecule has 0 aliphatic carbocycles. The number of carbonyl (C=O) groups is 1. The number of methoxy groups -OCH3 is 1. The Morgan fingerprint density at radius 2 is 2.53 bits per heavy atom. The molecule has 1 amide bonds. The van der Waals surface area contributed by atoms with Crippen LogP contribution in [0.25, 0.3) is 0 Å². The summed E-state index contributed by atoms with van der Waals surface area (Å²) in [7, 11) is 1.57. The van der Waals surface area contributed by atoms with Gasteiger partial charge in [0.2, 0.25) is 11.8 Å². The fraction of sp³-hybridized carbons (Fsp3) is 0.571. The number of nitrogens with zero attached hydrogens (tertiary/aromatic N) is 1. The predicted molar refractivity (Wildman–Crippen MR) is 70.8 cm³/mol. The number of hydrogen-bond donors (Lipinski definition) is 1. The van der Waals surface area contributed by atoms with E-state index < -0.39 is 0 Å². The van der Waals surface area contributed by atoms with Crippen LogP contribution in [0.4, 0.5) is 0 Å². The van der Waals surface area contributed by atoms with Crippen LogP contribution in [0.1, 0.15) is 31.2 Å². The Kier molecular flexibility index (Phi) is 5.15. The fourth-order valence-corrected chi connectivity index (χ4v) is 2.19. The van der Waals surface area contributed by atoms with E-state index in [4.69, 9.17) is 9.47 Å². The molecule has 1 saturated heterocycles. The second kappa shape index (κ2) is 7.09. The minimum Gasteiger partial charge on any atom is -0.481 e. The number of rotatable bonds is 6. The van der Waals surface area contributed by atoms with E-state index in [0.717, 1.165) is 31.4 Å². The van der Waals surface area contributed by atoms with Gasteiger partial charge in [-0.1, -0.05) is 6.07 Å². The quantitative estimate of drug-likeness (QED) is 0.849. The van der Waals surface area contributed by atoms with Crippen molar-refractivity contribution in [3.8, 4) is 5.88 Å². The summed E-state index contributed by atoms with van der Waals surface area (Å²) < 4.78 is 10.6. The zero-order valence-corrected chi connectivity index (χ0v) is 11.2. The molecule has 1 aromatic heterocycles. The third-order valence-electron chi connectivity index (χ3n) is 3.24. The SMILES string of the molecule is COc1ncccc1CNC(=O)CC[C@@H]1CCCO1. The molecular weight excluding hydrogens is 244 g/mol. The van der Waals surface area contributed by atoms with Crippen molar-refractivity contribution in [2.24, 2.45) is 0 Å². The van der Waals surface area contributed by atoms with Gasteiger partial charge in [0.25, 0.3) is 0 Å². The summed E-state index contributed by atoms with van der Waals surface area (Å²) in [6.07, 6.45) is 5.42. The van der Waals surface area contributed by atoms with Crippen LogP contribution < -0.4 is 10.1 Å². The molecular formula is C14H20N2O3. The summed E-state index contributed by atoms with van der Waals surface area (Å²) in [6.45, 7) is 1.28. The molecule has 2 rings (SSSR count). The molecule has 19 heavy (non-hydrogen) atoms. The molecule has 0 spiro atoms. The standard InChI is InChI=1S/C14H20N2O3/c1-18-14-11(4-2-8-15-14)10-16-13(17)7-6-12-5-3-9-19-12/h2,4,8,12H,3,5-7,9-10H2,1H3,(H,16,17)/t12-/m0/s1. The average molecular weight is 264 g/mol.